The average Bonchev–Trinajstić information content (AvgIpc) is 3.45. The molecule has 0 aliphatic heterocycles. The van der Waals surface area contributed by atoms with Crippen LogP contribution in [-0.2, 0) is 13.2 Å². The maximum Gasteiger partial charge on any atom is 0.266 e. The van der Waals surface area contributed by atoms with E-state index in [0.29, 0.717) is 28.9 Å². The predicted octanol–water partition coefficient (Wildman–Crippen LogP) is 6.94. The van der Waals surface area contributed by atoms with Gasteiger partial charge in [0.1, 0.15) is 17.4 Å². The summed E-state index contributed by atoms with van der Waals surface area (Å²) in [6.45, 7) is 3.01. The van der Waals surface area contributed by atoms with Gasteiger partial charge >= 0.3 is 0 Å². The minimum Gasteiger partial charge on any atom is -0.489 e. The molecular formula is C27H22ClN3O2S. The maximum absolute atomic E-state index is 12.8. The molecule has 3 aromatic carbocycles. The van der Waals surface area contributed by atoms with Crippen LogP contribution in [0.1, 0.15) is 26.4 Å². The lowest BCUT2D eigenvalue weighted by atomic mass is 10.1. The van der Waals surface area contributed by atoms with Crippen LogP contribution in [0.15, 0.2) is 84.4 Å². The van der Waals surface area contributed by atoms with E-state index in [0.717, 1.165) is 22.3 Å². The van der Waals surface area contributed by atoms with Gasteiger partial charge < -0.3 is 10.1 Å². The van der Waals surface area contributed by atoms with Gasteiger partial charge in [-0.2, -0.15) is 5.10 Å². The quantitative estimate of drug-likeness (QED) is 0.270. The van der Waals surface area contributed by atoms with Crippen molar-refractivity contribution >= 4 is 45.4 Å². The van der Waals surface area contributed by atoms with Gasteiger partial charge in [-0.3, -0.25) is 9.48 Å². The van der Waals surface area contributed by atoms with E-state index in [-0.39, 0.29) is 5.91 Å². The Labute approximate surface area is 206 Å². The number of rotatable bonds is 7. The first-order chi connectivity index (χ1) is 16.5. The number of hydrogen-bond donors (Lipinski definition) is 1. The molecule has 2 heterocycles. The van der Waals surface area contributed by atoms with Crippen molar-refractivity contribution in [3.8, 4) is 5.75 Å². The van der Waals surface area contributed by atoms with Gasteiger partial charge in [0, 0.05) is 11.8 Å². The maximum atomic E-state index is 12.8. The molecular weight excluding hydrogens is 466 g/mol. The number of halogens is 1. The second kappa shape index (κ2) is 9.71. The number of anilines is 1. The van der Waals surface area contributed by atoms with Gasteiger partial charge in [-0.1, -0.05) is 71.8 Å². The van der Waals surface area contributed by atoms with E-state index in [1.807, 2.05) is 48.7 Å². The van der Waals surface area contributed by atoms with Crippen molar-refractivity contribution in [1.82, 2.24) is 9.78 Å². The highest BCUT2D eigenvalue weighted by Gasteiger charge is 2.15. The lowest BCUT2D eigenvalue weighted by molar-refractivity contribution is 0.103. The molecule has 0 aliphatic carbocycles. The molecule has 5 aromatic rings. The fourth-order valence-electron chi connectivity index (χ4n) is 3.61. The smallest absolute Gasteiger partial charge is 0.266 e. The monoisotopic (exact) mass is 487 g/mol. The number of carbonyl (C=O) groups excluding carboxylic acids is 1. The largest absolute Gasteiger partial charge is 0.489 e. The minimum atomic E-state index is -0.246. The van der Waals surface area contributed by atoms with Crippen molar-refractivity contribution in [1.29, 1.82) is 0 Å². The summed E-state index contributed by atoms with van der Waals surface area (Å²) in [4.78, 5) is 13.3. The third kappa shape index (κ3) is 5.14. The van der Waals surface area contributed by atoms with E-state index in [4.69, 9.17) is 16.3 Å². The zero-order valence-corrected chi connectivity index (χ0v) is 20.1. The van der Waals surface area contributed by atoms with Crippen LogP contribution in [0, 0.1) is 6.92 Å². The van der Waals surface area contributed by atoms with Gasteiger partial charge in [0.2, 0.25) is 0 Å². The Morgan fingerprint density at radius 3 is 2.65 bits per heavy atom. The van der Waals surface area contributed by atoms with Crippen molar-refractivity contribution in [3.63, 3.8) is 0 Å². The van der Waals surface area contributed by atoms with Crippen LogP contribution in [-0.4, -0.2) is 15.7 Å². The van der Waals surface area contributed by atoms with Gasteiger partial charge in [0.05, 0.1) is 11.4 Å². The van der Waals surface area contributed by atoms with Crippen molar-refractivity contribution in [3.05, 3.63) is 111 Å². The van der Waals surface area contributed by atoms with Crippen LogP contribution in [0.3, 0.4) is 0 Å². The summed E-state index contributed by atoms with van der Waals surface area (Å²) in [6, 6.07) is 24.2. The van der Waals surface area contributed by atoms with E-state index >= 15 is 0 Å². The first-order valence-electron chi connectivity index (χ1n) is 10.8. The summed E-state index contributed by atoms with van der Waals surface area (Å²) >= 11 is 7.68. The summed E-state index contributed by atoms with van der Waals surface area (Å²) < 4.78 is 7.66. The Morgan fingerprint density at radius 2 is 1.82 bits per heavy atom. The molecule has 0 unspecified atom stereocenters. The van der Waals surface area contributed by atoms with Crippen LogP contribution in [0.2, 0.25) is 5.02 Å². The zero-order valence-electron chi connectivity index (χ0n) is 18.5. The lowest BCUT2D eigenvalue weighted by Crippen LogP contribution is -2.11. The molecule has 7 heteroatoms. The van der Waals surface area contributed by atoms with Crippen LogP contribution < -0.4 is 10.1 Å². The number of amides is 1. The van der Waals surface area contributed by atoms with Crippen LogP contribution >= 0.6 is 22.9 Å². The number of aromatic nitrogens is 2. The zero-order chi connectivity index (χ0) is 23.5. The number of fused-ring (bicyclic) bond motifs is 1. The second-order valence-corrected chi connectivity index (χ2v) is 9.40. The molecule has 5 rings (SSSR count). The Balaban J connectivity index is 1.20. The molecule has 0 bridgehead atoms. The molecule has 170 valence electrons. The average molecular weight is 488 g/mol. The molecule has 2 aromatic heterocycles. The van der Waals surface area contributed by atoms with Crippen molar-refractivity contribution in [2.45, 2.75) is 20.1 Å². The molecule has 1 N–H and O–H groups in total. The Kier molecular flexibility index (Phi) is 6.34. The number of carbonyl (C=O) groups is 1. The highest BCUT2D eigenvalue weighted by atomic mass is 35.5. The first kappa shape index (κ1) is 22.2. The SMILES string of the molecule is Cc1ccc(Cn2cc(Cl)c(NC(=O)c3cc(COc4ccc5ccccc5c4)cs3)n2)cc1. The van der Waals surface area contributed by atoms with Crippen molar-refractivity contribution in [2.75, 3.05) is 5.32 Å². The van der Waals surface area contributed by atoms with E-state index < -0.39 is 0 Å². The molecule has 5 nitrogen and oxygen atoms in total. The Hall–Kier alpha value is -3.61. The van der Waals surface area contributed by atoms with Gasteiger partial charge in [-0.05, 0) is 46.8 Å². The van der Waals surface area contributed by atoms with E-state index in [9.17, 15) is 4.79 Å². The number of hydrogen-bond acceptors (Lipinski definition) is 4. The predicted molar refractivity (Wildman–Crippen MR) is 138 cm³/mol. The molecule has 1 amide bonds. The standard InChI is InChI=1S/C27H22ClN3O2S/c1-18-6-8-19(9-7-18)14-31-15-24(28)26(30-31)29-27(32)25-12-20(17-34-25)16-33-23-11-10-21-4-2-3-5-22(21)13-23/h2-13,15,17H,14,16H2,1H3,(H,29,30,32). The van der Waals surface area contributed by atoms with E-state index in [1.165, 1.54) is 22.3 Å². The molecule has 0 spiro atoms. The molecule has 0 saturated heterocycles. The topological polar surface area (TPSA) is 56.2 Å². The van der Waals surface area contributed by atoms with E-state index in [2.05, 4.69) is 46.8 Å². The van der Waals surface area contributed by atoms with E-state index in [1.54, 1.807) is 10.9 Å². The number of aryl methyl sites for hydroxylation is 1. The molecule has 0 fully saturated rings. The third-order valence-electron chi connectivity index (χ3n) is 5.42. The normalized spacial score (nSPS) is 11.0. The number of nitrogens with one attached hydrogen (secondary N) is 1. The van der Waals surface area contributed by atoms with Gasteiger partial charge in [0.15, 0.2) is 5.82 Å². The van der Waals surface area contributed by atoms with Crippen molar-refractivity contribution < 1.29 is 9.53 Å². The van der Waals surface area contributed by atoms with Crippen molar-refractivity contribution in [2.24, 2.45) is 0 Å². The minimum absolute atomic E-state index is 0.246. The summed E-state index contributed by atoms with van der Waals surface area (Å²) in [5.74, 6) is 0.896. The van der Waals surface area contributed by atoms with Crippen LogP contribution in [0.25, 0.3) is 10.8 Å². The molecule has 0 atom stereocenters. The summed E-state index contributed by atoms with van der Waals surface area (Å²) in [5, 5.41) is 11.9. The Bertz CT molecular complexity index is 1460. The number of ether oxygens (including phenoxy) is 1. The number of nitrogens with zero attached hydrogens (tertiary/aromatic N) is 2. The Morgan fingerprint density at radius 1 is 1.03 bits per heavy atom. The number of benzene rings is 3. The summed E-state index contributed by atoms with van der Waals surface area (Å²) in [7, 11) is 0. The fourth-order valence-corrected chi connectivity index (χ4v) is 4.60. The lowest BCUT2D eigenvalue weighted by Gasteiger charge is -2.06. The molecule has 0 saturated carbocycles. The van der Waals surface area contributed by atoms with Gasteiger partial charge in [-0.15, -0.1) is 11.3 Å². The fraction of sp³-hybridized carbons (Fsp3) is 0.111. The summed E-state index contributed by atoms with van der Waals surface area (Å²) in [6.07, 6.45) is 1.72. The second-order valence-electron chi connectivity index (χ2n) is 8.08. The van der Waals surface area contributed by atoms with Crippen LogP contribution in [0.4, 0.5) is 5.82 Å². The van der Waals surface area contributed by atoms with Gasteiger partial charge in [0.25, 0.3) is 5.91 Å². The third-order valence-corrected chi connectivity index (χ3v) is 6.67. The molecule has 0 radical (unpaired) electrons. The molecule has 0 aliphatic rings. The summed E-state index contributed by atoms with van der Waals surface area (Å²) in [5.41, 5.74) is 3.24. The highest BCUT2D eigenvalue weighted by molar-refractivity contribution is 7.12. The molecule has 34 heavy (non-hydrogen) atoms. The highest BCUT2D eigenvalue weighted by Crippen LogP contribution is 2.25. The number of thiophene rings is 1. The first-order valence-corrected chi connectivity index (χ1v) is 12.1. The van der Waals surface area contributed by atoms with Crippen LogP contribution in [0.5, 0.6) is 5.75 Å². The van der Waals surface area contributed by atoms with Gasteiger partial charge in [-0.25, -0.2) is 0 Å².